The molecule has 16 heavy (non-hydrogen) atoms. The molecule has 0 fully saturated rings. The predicted molar refractivity (Wildman–Crippen MR) is 64.9 cm³/mol. The smallest absolute Gasteiger partial charge is 0.173 e. The molecule has 2 rings (SSSR count). The number of para-hydroxylation sites is 1. The minimum Gasteiger partial charge on any atom is -0.360 e. The number of aliphatic imine (C=N–C) groups is 1. The molecule has 0 saturated heterocycles. The number of rotatable bonds is 2. The van der Waals surface area contributed by atoms with Gasteiger partial charge in [-0.15, -0.1) is 0 Å². The van der Waals surface area contributed by atoms with Crippen LogP contribution >= 0.6 is 0 Å². The Morgan fingerprint density at radius 1 is 1.25 bits per heavy atom. The average Bonchev–Trinajstić information content (AvgIpc) is 2.80. The van der Waals surface area contributed by atoms with Crippen molar-refractivity contribution in [2.45, 2.75) is 0 Å². The average molecular weight is 214 g/mol. The van der Waals surface area contributed by atoms with E-state index in [1.54, 1.807) is 12.4 Å². The van der Waals surface area contributed by atoms with Crippen LogP contribution in [0.25, 0.3) is 0 Å². The van der Waals surface area contributed by atoms with Crippen LogP contribution in [0.4, 0.5) is 5.69 Å². The molecule has 0 bridgehead atoms. The lowest BCUT2D eigenvalue weighted by Gasteiger charge is -2.13. The van der Waals surface area contributed by atoms with Crippen molar-refractivity contribution < 1.29 is 0 Å². The first-order valence-corrected chi connectivity index (χ1v) is 5.08. The number of H-pyrrole nitrogens is 1. The summed E-state index contributed by atoms with van der Waals surface area (Å²) in [7, 11) is 3.90. The summed E-state index contributed by atoms with van der Waals surface area (Å²) in [6, 6.07) is 9.84. The number of imidazole rings is 1. The number of benzene rings is 1. The summed E-state index contributed by atoms with van der Waals surface area (Å²) in [6.45, 7) is 0. The Morgan fingerprint density at radius 3 is 2.56 bits per heavy atom. The Hall–Kier alpha value is -2.10. The van der Waals surface area contributed by atoms with Crippen molar-refractivity contribution >= 4 is 11.5 Å². The van der Waals surface area contributed by atoms with E-state index in [1.165, 1.54) is 0 Å². The van der Waals surface area contributed by atoms with Crippen LogP contribution in [0.2, 0.25) is 0 Å². The number of nitrogens with zero attached hydrogens (tertiary/aromatic N) is 3. The SMILES string of the molecule is CN(C)C(=Nc1ccccc1)c1ncc[nH]1. The van der Waals surface area contributed by atoms with Crippen molar-refractivity contribution in [2.24, 2.45) is 4.99 Å². The highest BCUT2D eigenvalue weighted by Crippen LogP contribution is 2.12. The van der Waals surface area contributed by atoms with Gasteiger partial charge in [-0.05, 0) is 12.1 Å². The van der Waals surface area contributed by atoms with Crippen molar-refractivity contribution in [1.29, 1.82) is 0 Å². The van der Waals surface area contributed by atoms with Crippen LogP contribution in [0, 0.1) is 0 Å². The summed E-state index contributed by atoms with van der Waals surface area (Å²) >= 11 is 0. The molecule has 0 spiro atoms. The van der Waals surface area contributed by atoms with Gasteiger partial charge in [-0.3, -0.25) is 0 Å². The summed E-state index contributed by atoms with van der Waals surface area (Å²) in [5.74, 6) is 1.59. The van der Waals surface area contributed by atoms with E-state index in [9.17, 15) is 0 Å². The second-order valence-corrected chi connectivity index (χ2v) is 3.60. The third-order valence-electron chi connectivity index (χ3n) is 2.12. The number of hydrogen-bond donors (Lipinski definition) is 1. The number of aromatic amines is 1. The van der Waals surface area contributed by atoms with Gasteiger partial charge < -0.3 is 9.88 Å². The molecule has 0 unspecified atom stereocenters. The third kappa shape index (κ3) is 2.28. The highest BCUT2D eigenvalue weighted by atomic mass is 15.2. The monoisotopic (exact) mass is 214 g/mol. The molecule has 1 heterocycles. The van der Waals surface area contributed by atoms with Crippen LogP contribution in [0.15, 0.2) is 47.7 Å². The van der Waals surface area contributed by atoms with Crippen LogP contribution < -0.4 is 0 Å². The maximum absolute atomic E-state index is 4.55. The van der Waals surface area contributed by atoms with Gasteiger partial charge in [-0.2, -0.15) is 0 Å². The highest BCUT2D eigenvalue weighted by Gasteiger charge is 2.07. The fourth-order valence-corrected chi connectivity index (χ4v) is 1.38. The zero-order chi connectivity index (χ0) is 11.4. The molecule has 1 N–H and O–H groups in total. The zero-order valence-corrected chi connectivity index (χ0v) is 9.38. The molecular formula is C12H14N4. The molecule has 0 amide bonds. The standard InChI is InChI=1S/C12H14N4/c1-16(2)12(11-13-8-9-14-11)15-10-6-4-3-5-7-10/h3-9H,1-2H3,(H,13,14). The van der Waals surface area contributed by atoms with Gasteiger partial charge in [0.2, 0.25) is 0 Å². The van der Waals surface area contributed by atoms with Crippen LogP contribution in [0.5, 0.6) is 0 Å². The van der Waals surface area contributed by atoms with Gasteiger partial charge in [0.1, 0.15) is 0 Å². The van der Waals surface area contributed by atoms with E-state index in [0.717, 1.165) is 17.3 Å². The van der Waals surface area contributed by atoms with Crippen molar-refractivity contribution in [3.05, 3.63) is 48.5 Å². The maximum Gasteiger partial charge on any atom is 0.173 e. The van der Waals surface area contributed by atoms with Crippen molar-refractivity contribution in [3.63, 3.8) is 0 Å². The largest absolute Gasteiger partial charge is 0.360 e. The minimum absolute atomic E-state index is 0.772. The van der Waals surface area contributed by atoms with E-state index in [2.05, 4.69) is 15.0 Å². The summed E-state index contributed by atoms with van der Waals surface area (Å²) in [5, 5.41) is 0. The van der Waals surface area contributed by atoms with E-state index in [4.69, 9.17) is 0 Å². The van der Waals surface area contributed by atoms with Gasteiger partial charge in [0, 0.05) is 26.5 Å². The molecule has 4 nitrogen and oxygen atoms in total. The summed E-state index contributed by atoms with van der Waals surface area (Å²) in [5.41, 5.74) is 0.919. The molecule has 0 atom stereocenters. The Kier molecular flexibility index (Phi) is 3.00. The fourth-order valence-electron chi connectivity index (χ4n) is 1.38. The minimum atomic E-state index is 0.772. The molecule has 82 valence electrons. The Bertz CT molecular complexity index is 457. The van der Waals surface area contributed by atoms with Crippen LogP contribution in [-0.2, 0) is 0 Å². The zero-order valence-electron chi connectivity index (χ0n) is 9.38. The van der Waals surface area contributed by atoms with Crippen LogP contribution in [0.1, 0.15) is 5.82 Å². The number of nitrogens with one attached hydrogen (secondary N) is 1. The van der Waals surface area contributed by atoms with E-state index < -0.39 is 0 Å². The molecule has 2 aromatic rings. The molecular weight excluding hydrogens is 200 g/mol. The molecule has 0 saturated carbocycles. The van der Waals surface area contributed by atoms with Gasteiger partial charge in [0.15, 0.2) is 11.7 Å². The second-order valence-electron chi connectivity index (χ2n) is 3.60. The Labute approximate surface area is 94.7 Å². The number of amidine groups is 1. The molecule has 4 heteroatoms. The lowest BCUT2D eigenvalue weighted by Crippen LogP contribution is -2.24. The number of hydrogen-bond acceptors (Lipinski definition) is 2. The van der Waals surface area contributed by atoms with Crippen LogP contribution in [0.3, 0.4) is 0 Å². The van der Waals surface area contributed by atoms with Gasteiger partial charge in [0.05, 0.1) is 5.69 Å². The van der Waals surface area contributed by atoms with E-state index >= 15 is 0 Å². The van der Waals surface area contributed by atoms with Crippen molar-refractivity contribution in [3.8, 4) is 0 Å². The molecule has 0 aliphatic rings. The van der Waals surface area contributed by atoms with E-state index in [1.807, 2.05) is 49.3 Å². The van der Waals surface area contributed by atoms with Crippen molar-refractivity contribution in [2.75, 3.05) is 14.1 Å². The lowest BCUT2D eigenvalue weighted by atomic mass is 10.3. The topological polar surface area (TPSA) is 44.3 Å². The van der Waals surface area contributed by atoms with E-state index in [0.29, 0.717) is 0 Å². The molecule has 0 aliphatic carbocycles. The highest BCUT2D eigenvalue weighted by molar-refractivity contribution is 5.96. The fraction of sp³-hybridized carbons (Fsp3) is 0.167. The first kappa shape index (κ1) is 10.4. The normalized spacial score (nSPS) is 11.5. The summed E-state index contributed by atoms with van der Waals surface area (Å²) in [6.07, 6.45) is 3.51. The van der Waals surface area contributed by atoms with Gasteiger partial charge in [-0.25, -0.2) is 9.98 Å². The summed E-state index contributed by atoms with van der Waals surface area (Å²) in [4.78, 5) is 13.7. The van der Waals surface area contributed by atoms with Gasteiger partial charge in [0.25, 0.3) is 0 Å². The molecule has 0 radical (unpaired) electrons. The van der Waals surface area contributed by atoms with Gasteiger partial charge in [-0.1, -0.05) is 18.2 Å². The van der Waals surface area contributed by atoms with Gasteiger partial charge >= 0.3 is 0 Å². The second kappa shape index (κ2) is 4.61. The quantitative estimate of drug-likeness (QED) is 0.614. The first-order chi connectivity index (χ1) is 7.77. The molecule has 0 aliphatic heterocycles. The van der Waals surface area contributed by atoms with E-state index in [-0.39, 0.29) is 0 Å². The maximum atomic E-state index is 4.55. The Morgan fingerprint density at radius 2 is 2.00 bits per heavy atom. The Balaban J connectivity index is 2.38. The molecule has 1 aromatic carbocycles. The van der Waals surface area contributed by atoms with Crippen LogP contribution in [-0.4, -0.2) is 34.8 Å². The van der Waals surface area contributed by atoms with Crippen molar-refractivity contribution in [1.82, 2.24) is 14.9 Å². The third-order valence-corrected chi connectivity index (χ3v) is 2.12. The first-order valence-electron chi connectivity index (χ1n) is 5.08. The predicted octanol–water partition coefficient (Wildman–Crippen LogP) is 2.05. The summed E-state index contributed by atoms with van der Waals surface area (Å²) < 4.78 is 0. The molecule has 1 aromatic heterocycles. The lowest BCUT2D eigenvalue weighted by molar-refractivity contribution is 0.619. The number of aromatic nitrogens is 2.